The van der Waals surface area contributed by atoms with Crippen LogP contribution in [0.2, 0.25) is 0 Å². The third kappa shape index (κ3) is 4.67. The van der Waals surface area contributed by atoms with Crippen LogP contribution in [0.5, 0.6) is 0 Å². The van der Waals surface area contributed by atoms with Gasteiger partial charge in [0.1, 0.15) is 5.60 Å². The van der Waals surface area contributed by atoms with E-state index in [0.717, 1.165) is 48.6 Å². The van der Waals surface area contributed by atoms with Gasteiger partial charge in [-0.05, 0) is 103 Å². The fraction of sp³-hybridized carbons (Fsp3) is 0.444. The molecule has 3 nitrogen and oxygen atoms in total. The molecule has 45 heavy (non-hydrogen) atoms. The first-order valence-electron chi connectivity index (χ1n) is 15.5. The second-order valence-corrected chi connectivity index (χ2v) is 14.7. The van der Waals surface area contributed by atoms with E-state index in [1.807, 2.05) is 61.5 Å². The van der Waals surface area contributed by atoms with Crippen LogP contribution in [0.4, 0.5) is 22.0 Å². The number of nitrogens with zero attached hydrogens (tertiary/aromatic N) is 1. The highest BCUT2D eigenvalue weighted by Crippen LogP contribution is 2.70. The van der Waals surface area contributed by atoms with Crippen LogP contribution in [0.3, 0.4) is 0 Å². The number of thiazole rings is 1. The van der Waals surface area contributed by atoms with Gasteiger partial charge in [0, 0.05) is 17.8 Å². The molecule has 0 radical (unpaired) electrons. The third-order valence-corrected chi connectivity index (χ3v) is 12.0. The number of carbonyl (C=O) groups excluding carboxylic acids is 1. The molecular formula is C36H34F5NO2S. The van der Waals surface area contributed by atoms with E-state index in [0.29, 0.717) is 25.7 Å². The average molecular weight is 640 g/mol. The van der Waals surface area contributed by atoms with Gasteiger partial charge in [0.25, 0.3) is 0 Å². The zero-order valence-electron chi connectivity index (χ0n) is 25.1. The summed E-state index contributed by atoms with van der Waals surface area (Å²) in [7, 11) is 0. The molecule has 0 saturated heterocycles. The van der Waals surface area contributed by atoms with Gasteiger partial charge in [0.15, 0.2) is 5.78 Å². The lowest BCUT2D eigenvalue weighted by Crippen LogP contribution is -2.65. The topological polar surface area (TPSA) is 50.2 Å². The van der Waals surface area contributed by atoms with E-state index in [9.17, 15) is 23.1 Å². The number of carbonyl (C=O) groups is 1. The highest BCUT2D eigenvalue weighted by atomic mass is 32.1. The SMILES string of the molecule is Cc1nc2cc(/C=C/c3cccc([C@H]4C[C@@]5(C)[C@@H](CC[C@@]5(O)C(F)(F)C(F)(F)F)[C@@H]5CCC6=CC(=O)CCC6=C54)c3)ccc2s1. The maximum absolute atomic E-state index is 15.3. The Bertz CT molecular complexity index is 1800. The van der Waals surface area contributed by atoms with E-state index >= 15 is 8.78 Å². The van der Waals surface area contributed by atoms with E-state index < -0.39 is 41.4 Å². The summed E-state index contributed by atoms with van der Waals surface area (Å²) in [5.74, 6) is -6.44. The van der Waals surface area contributed by atoms with Crippen LogP contribution < -0.4 is 0 Å². The molecular weight excluding hydrogens is 605 g/mol. The zero-order chi connectivity index (χ0) is 31.9. The van der Waals surface area contributed by atoms with Crippen LogP contribution in [0.15, 0.2) is 65.3 Å². The van der Waals surface area contributed by atoms with Crippen molar-refractivity contribution < 1.29 is 31.9 Å². The normalized spacial score (nSPS) is 30.4. The van der Waals surface area contributed by atoms with Crippen molar-refractivity contribution >= 4 is 39.5 Å². The van der Waals surface area contributed by atoms with Crippen molar-refractivity contribution in [2.45, 2.75) is 82.4 Å². The number of halogens is 5. The van der Waals surface area contributed by atoms with Crippen molar-refractivity contribution in [1.29, 1.82) is 0 Å². The molecule has 1 N–H and O–H groups in total. The lowest BCUT2D eigenvalue weighted by atomic mass is 9.50. The standard InChI is InChI=1S/C36H34F5NO2S/c1-20-42-30-17-22(8-13-31(30)45-20)7-6-21-4-3-5-23(16-21)28-19-33(2)29(14-15-34(33,44)35(37,38)36(39,40)41)27-11-9-24-18-25(43)10-12-26(24)32(27)28/h3-8,13,16-18,27-29,44H,9-12,14-15,19H2,1-2H3/b7-6+/t27-,28+,29-,33-,34-/m0/s1. The molecule has 4 aliphatic rings. The Morgan fingerprint density at radius 1 is 1.00 bits per heavy atom. The smallest absolute Gasteiger partial charge is 0.383 e. The summed E-state index contributed by atoms with van der Waals surface area (Å²) in [5.41, 5.74) is 1.76. The van der Waals surface area contributed by atoms with Gasteiger partial charge in [0.05, 0.1) is 15.2 Å². The van der Waals surface area contributed by atoms with Gasteiger partial charge >= 0.3 is 12.1 Å². The highest BCUT2D eigenvalue weighted by molar-refractivity contribution is 7.18. The number of allylic oxidation sites excluding steroid dienone is 4. The lowest BCUT2D eigenvalue weighted by Gasteiger charge is -2.56. The minimum atomic E-state index is -5.87. The Hall–Kier alpha value is -3.17. The number of ketones is 1. The van der Waals surface area contributed by atoms with Crippen molar-refractivity contribution in [3.05, 3.63) is 87.0 Å². The number of hydrogen-bond acceptors (Lipinski definition) is 4. The first kappa shape index (κ1) is 30.5. The summed E-state index contributed by atoms with van der Waals surface area (Å²) in [6.07, 6.45) is 1.23. The summed E-state index contributed by atoms with van der Waals surface area (Å²) in [4.78, 5) is 16.9. The molecule has 236 valence electrons. The quantitative estimate of drug-likeness (QED) is 0.229. The van der Waals surface area contributed by atoms with Crippen molar-refractivity contribution in [3.63, 3.8) is 0 Å². The predicted molar refractivity (Wildman–Crippen MR) is 166 cm³/mol. The molecule has 2 aromatic carbocycles. The number of fused-ring (bicyclic) bond motifs is 5. The molecule has 3 aromatic rings. The summed E-state index contributed by atoms with van der Waals surface area (Å²) in [6.45, 7) is 3.42. The largest absolute Gasteiger partial charge is 0.456 e. The Labute approximate surface area is 262 Å². The number of hydrogen-bond donors (Lipinski definition) is 1. The van der Waals surface area contributed by atoms with Crippen molar-refractivity contribution in [2.24, 2.45) is 17.3 Å². The number of benzene rings is 2. The van der Waals surface area contributed by atoms with E-state index in [2.05, 4.69) is 4.98 Å². The fourth-order valence-electron chi connectivity index (χ4n) is 8.95. The van der Waals surface area contributed by atoms with Gasteiger partial charge in [-0.25, -0.2) is 4.98 Å². The van der Waals surface area contributed by atoms with Crippen molar-refractivity contribution in [1.82, 2.24) is 4.98 Å². The summed E-state index contributed by atoms with van der Waals surface area (Å²) in [5, 5.41) is 12.5. The summed E-state index contributed by atoms with van der Waals surface area (Å²) in [6, 6.07) is 13.8. The van der Waals surface area contributed by atoms with E-state index in [-0.39, 0.29) is 24.5 Å². The van der Waals surface area contributed by atoms with Gasteiger partial charge in [-0.3, -0.25) is 4.79 Å². The molecule has 0 aliphatic heterocycles. The lowest BCUT2D eigenvalue weighted by molar-refractivity contribution is -0.362. The molecule has 0 amide bonds. The Kier molecular flexibility index (Phi) is 7.06. The third-order valence-electron chi connectivity index (χ3n) is 11.1. The molecule has 0 bridgehead atoms. The van der Waals surface area contributed by atoms with E-state index in [1.165, 1.54) is 6.92 Å². The van der Waals surface area contributed by atoms with Crippen LogP contribution in [-0.4, -0.2) is 33.6 Å². The maximum Gasteiger partial charge on any atom is 0.456 e. The van der Waals surface area contributed by atoms with E-state index in [4.69, 9.17) is 0 Å². The van der Waals surface area contributed by atoms with Crippen LogP contribution in [0, 0.1) is 24.2 Å². The molecule has 2 saturated carbocycles. The Balaban J connectivity index is 1.32. The average Bonchev–Trinajstić information content (AvgIpc) is 3.50. The molecule has 9 heteroatoms. The molecule has 0 spiro atoms. The fourth-order valence-corrected chi connectivity index (χ4v) is 9.76. The van der Waals surface area contributed by atoms with Crippen LogP contribution >= 0.6 is 11.3 Å². The highest BCUT2D eigenvalue weighted by Gasteiger charge is 2.79. The minimum Gasteiger partial charge on any atom is -0.383 e. The summed E-state index contributed by atoms with van der Waals surface area (Å²) >= 11 is 1.63. The van der Waals surface area contributed by atoms with Gasteiger partial charge in [-0.1, -0.05) is 55.0 Å². The first-order valence-corrected chi connectivity index (χ1v) is 16.3. The van der Waals surface area contributed by atoms with Gasteiger partial charge < -0.3 is 5.11 Å². The molecule has 1 heterocycles. The molecule has 2 fully saturated rings. The first-order chi connectivity index (χ1) is 21.2. The van der Waals surface area contributed by atoms with Crippen LogP contribution in [0.25, 0.3) is 22.4 Å². The van der Waals surface area contributed by atoms with Crippen molar-refractivity contribution in [2.75, 3.05) is 0 Å². The number of aromatic nitrogens is 1. The van der Waals surface area contributed by atoms with Gasteiger partial charge in [0.2, 0.25) is 0 Å². The molecule has 0 unspecified atom stereocenters. The Morgan fingerprint density at radius 2 is 1.76 bits per heavy atom. The van der Waals surface area contributed by atoms with Crippen LogP contribution in [-0.2, 0) is 4.79 Å². The second-order valence-electron chi connectivity index (χ2n) is 13.4. The number of alkyl halides is 5. The van der Waals surface area contributed by atoms with Gasteiger partial charge in [-0.2, -0.15) is 22.0 Å². The predicted octanol–water partition coefficient (Wildman–Crippen LogP) is 9.60. The van der Waals surface area contributed by atoms with Crippen LogP contribution in [0.1, 0.15) is 79.5 Å². The molecule has 4 aliphatic carbocycles. The second kappa shape index (κ2) is 10.4. The Morgan fingerprint density at radius 3 is 2.51 bits per heavy atom. The summed E-state index contributed by atoms with van der Waals surface area (Å²) < 4.78 is 73.3. The molecule has 7 rings (SSSR count). The molecule has 5 atom stereocenters. The van der Waals surface area contributed by atoms with Crippen molar-refractivity contribution in [3.8, 4) is 0 Å². The monoisotopic (exact) mass is 639 g/mol. The number of aliphatic hydroxyl groups is 1. The maximum atomic E-state index is 15.3. The van der Waals surface area contributed by atoms with E-state index in [1.54, 1.807) is 17.4 Å². The van der Waals surface area contributed by atoms with Gasteiger partial charge in [-0.15, -0.1) is 11.3 Å². The number of rotatable bonds is 4. The zero-order valence-corrected chi connectivity index (χ0v) is 25.9. The molecule has 1 aromatic heterocycles. The minimum absolute atomic E-state index is 0.0383. The number of aryl methyl sites for hydroxylation is 1.